The van der Waals surface area contributed by atoms with Gasteiger partial charge in [0.05, 0.1) is 28.0 Å². The van der Waals surface area contributed by atoms with E-state index in [1.807, 2.05) is 6.07 Å². The van der Waals surface area contributed by atoms with Crippen LogP contribution < -0.4 is 5.32 Å². The molecule has 0 saturated heterocycles. The quantitative estimate of drug-likeness (QED) is 0.761. The Morgan fingerprint density at radius 3 is 2.86 bits per heavy atom. The molecule has 2 N–H and O–H groups in total. The first-order valence-electron chi connectivity index (χ1n) is 6.14. The number of carbonyl (C=O) groups is 1. The van der Waals surface area contributed by atoms with Crippen molar-refractivity contribution >= 4 is 34.1 Å². The first-order valence-corrected chi connectivity index (χ1v) is 6.52. The van der Waals surface area contributed by atoms with Crippen molar-refractivity contribution in [2.24, 2.45) is 0 Å². The van der Waals surface area contributed by atoms with E-state index < -0.39 is 5.91 Å². The van der Waals surface area contributed by atoms with Gasteiger partial charge >= 0.3 is 0 Å². The van der Waals surface area contributed by atoms with Crippen LogP contribution in [0.5, 0.6) is 5.75 Å². The molecule has 0 bridgehead atoms. The third-order valence-electron chi connectivity index (χ3n) is 3.01. The normalized spacial score (nSPS) is 10.5. The number of benzene rings is 1. The number of hydrogen-bond donors (Lipinski definition) is 2. The Hall–Kier alpha value is -2.66. The predicted octanol–water partition coefficient (Wildman–Crippen LogP) is 3.24. The van der Waals surface area contributed by atoms with Crippen LogP contribution in [0.4, 0.5) is 5.69 Å². The molecule has 0 spiro atoms. The molecule has 0 unspecified atom stereocenters. The zero-order valence-corrected chi connectivity index (χ0v) is 11.5. The molecule has 6 heteroatoms. The summed E-state index contributed by atoms with van der Waals surface area (Å²) in [5.41, 5.74) is 1.26. The lowest BCUT2D eigenvalue weighted by atomic mass is 10.1. The smallest absolute Gasteiger partial charge is 0.259 e. The Bertz CT molecular complexity index is 836. The van der Waals surface area contributed by atoms with Crippen molar-refractivity contribution in [2.45, 2.75) is 0 Å². The molecule has 0 fully saturated rings. The molecule has 0 atom stereocenters. The minimum absolute atomic E-state index is 0.143. The molecule has 3 aromatic rings. The van der Waals surface area contributed by atoms with Crippen molar-refractivity contribution in [1.29, 1.82) is 0 Å². The van der Waals surface area contributed by atoms with Gasteiger partial charge in [0.15, 0.2) is 0 Å². The van der Waals surface area contributed by atoms with Gasteiger partial charge in [-0.3, -0.25) is 14.8 Å². The number of aromatic hydroxyl groups is 1. The molecular formula is C15H10ClN3O2. The largest absolute Gasteiger partial charge is 0.505 e. The van der Waals surface area contributed by atoms with Crippen LogP contribution >= 0.6 is 11.6 Å². The van der Waals surface area contributed by atoms with Crippen molar-refractivity contribution in [1.82, 2.24) is 9.97 Å². The maximum atomic E-state index is 12.2. The molecule has 0 radical (unpaired) electrons. The molecule has 1 aromatic carbocycles. The third-order valence-corrected chi connectivity index (χ3v) is 3.34. The second kappa shape index (κ2) is 5.38. The molecule has 0 aliphatic heterocycles. The molecule has 1 amide bonds. The molecule has 2 aromatic heterocycles. The van der Waals surface area contributed by atoms with E-state index in [-0.39, 0.29) is 11.3 Å². The van der Waals surface area contributed by atoms with Gasteiger partial charge in [0.25, 0.3) is 5.91 Å². The summed E-state index contributed by atoms with van der Waals surface area (Å²) in [6.07, 6.45) is 4.28. The van der Waals surface area contributed by atoms with Gasteiger partial charge in [0, 0.05) is 17.8 Å². The zero-order chi connectivity index (χ0) is 14.8. The van der Waals surface area contributed by atoms with Crippen molar-refractivity contribution in [2.75, 3.05) is 5.32 Å². The highest BCUT2D eigenvalue weighted by atomic mass is 35.5. The van der Waals surface area contributed by atoms with Gasteiger partial charge in [-0.05, 0) is 30.3 Å². The molecule has 21 heavy (non-hydrogen) atoms. The topological polar surface area (TPSA) is 75.1 Å². The number of amides is 1. The lowest BCUT2D eigenvalue weighted by Crippen LogP contribution is -2.12. The SMILES string of the molecule is O=C(Nc1ccc(Cl)c2cccnc12)c1ccncc1O. The lowest BCUT2D eigenvalue weighted by Gasteiger charge is -2.09. The number of carbonyl (C=O) groups excluding carboxylic acids is 1. The molecule has 0 aliphatic rings. The number of nitrogens with one attached hydrogen (secondary N) is 1. The number of pyridine rings is 2. The molecule has 0 saturated carbocycles. The standard InChI is InChI=1S/C15H10ClN3O2/c16-11-3-4-12(14-9(11)2-1-6-18-14)19-15(21)10-5-7-17-8-13(10)20/h1-8,20H,(H,19,21). The Balaban J connectivity index is 2.01. The van der Waals surface area contributed by atoms with Crippen molar-refractivity contribution in [3.05, 3.63) is 59.5 Å². The van der Waals surface area contributed by atoms with E-state index in [2.05, 4.69) is 15.3 Å². The Labute approximate surface area is 125 Å². The summed E-state index contributed by atoms with van der Waals surface area (Å²) in [7, 11) is 0. The van der Waals surface area contributed by atoms with Crippen LogP contribution in [-0.4, -0.2) is 21.0 Å². The monoisotopic (exact) mass is 299 g/mol. The Kier molecular flexibility index (Phi) is 3.41. The van der Waals surface area contributed by atoms with Crippen LogP contribution in [0.1, 0.15) is 10.4 Å². The first-order chi connectivity index (χ1) is 10.2. The van der Waals surface area contributed by atoms with Gasteiger partial charge in [-0.1, -0.05) is 11.6 Å². The molecule has 3 rings (SSSR count). The molecule has 5 nitrogen and oxygen atoms in total. The van der Waals surface area contributed by atoms with Crippen LogP contribution in [0.15, 0.2) is 48.9 Å². The maximum Gasteiger partial charge on any atom is 0.259 e. The van der Waals surface area contributed by atoms with Gasteiger partial charge in [-0.15, -0.1) is 0 Å². The summed E-state index contributed by atoms with van der Waals surface area (Å²) >= 11 is 6.11. The number of aromatic nitrogens is 2. The fraction of sp³-hybridized carbons (Fsp3) is 0. The summed E-state index contributed by atoms with van der Waals surface area (Å²) in [4.78, 5) is 20.2. The van der Waals surface area contributed by atoms with E-state index in [1.165, 1.54) is 18.5 Å². The van der Waals surface area contributed by atoms with Crippen molar-refractivity contribution in [3.8, 4) is 5.75 Å². The van der Waals surface area contributed by atoms with Gasteiger partial charge in [-0.2, -0.15) is 0 Å². The van der Waals surface area contributed by atoms with Crippen molar-refractivity contribution in [3.63, 3.8) is 0 Å². The maximum absolute atomic E-state index is 12.2. The summed E-state index contributed by atoms with van der Waals surface area (Å²) < 4.78 is 0. The highest BCUT2D eigenvalue weighted by Crippen LogP contribution is 2.28. The number of fused-ring (bicyclic) bond motifs is 1. The van der Waals surface area contributed by atoms with Gasteiger partial charge in [0.2, 0.25) is 0 Å². The average molecular weight is 300 g/mol. The number of halogens is 1. The molecule has 2 heterocycles. The van der Waals surface area contributed by atoms with Gasteiger partial charge < -0.3 is 10.4 Å². The number of hydrogen-bond acceptors (Lipinski definition) is 4. The molecule has 0 aliphatic carbocycles. The van der Waals surface area contributed by atoms with Gasteiger partial charge in [-0.25, -0.2) is 0 Å². The number of rotatable bonds is 2. The average Bonchev–Trinajstić information content (AvgIpc) is 2.51. The van der Waals surface area contributed by atoms with Crippen LogP contribution in [0, 0.1) is 0 Å². The van der Waals surface area contributed by atoms with E-state index in [9.17, 15) is 9.90 Å². The highest BCUT2D eigenvalue weighted by Gasteiger charge is 2.13. The second-order valence-corrected chi connectivity index (χ2v) is 4.75. The van der Waals surface area contributed by atoms with E-state index in [0.717, 1.165) is 5.39 Å². The molecular weight excluding hydrogens is 290 g/mol. The third kappa shape index (κ3) is 2.51. The summed E-state index contributed by atoms with van der Waals surface area (Å²) in [6, 6.07) is 8.40. The number of anilines is 1. The fourth-order valence-corrected chi connectivity index (χ4v) is 2.22. The zero-order valence-electron chi connectivity index (χ0n) is 10.7. The Morgan fingerprint density at radius 1 is 1.19 bits per heavy atom. The van der Waals surface area contributed by atoms with Gasteiger partial charge in [0.1, 0.15) is 5.75 Å². The van der Waals surface area contributed by atoms with E-state index in [0.29, 0.717) is 16.2 Å². The Morgan fingerprint density at radius 2 is 2.05 bits per heavy atom. The molecule has 104 valence electrons. The summed E-state index contributed by atoms with van der Waals surface area (Å²) in [5, 5.41) is 13.7. The van der Waals surface area contributed by atoms with E-state index in [1.54, 1.807) is 24.4 Å². The summed E-state index contributed by atoms with van der Waals surface area (Å²) in [5.74, 6) is -0.620. The van der Waals surface area contributed by atoms with Crippen LogP contribution in [0.2, 0.25) is 5.02 Å². The minimum atomic E-state index is -0.441. The predicted molar refractivity (Wildman–Crippen MR) is 80.6 cm³/mol. The highest BCUT2D eigenvalue weighted by molar-refractivity contribution is 6.36. The lowest BCUT2D eigenvalue weighted by molar-refractivity contribution is 0.102. The minimum Gasteiger partial charge on any atom is -0.505 e. The van der Waals surface area contributed by atoms with Crippen LogP contribution in [0.25, 0.3) is 10.9 Å². The second-order valence-electron chi connectivity index (χ2n) is 4.34. The van der Waals surface area contributed by atoms with E-state index >= 15 is 0 Å². The first kappa shape index (κ1) is 13.3. The van der Waals surface area contributed by atoms with Crippen molar-refractivity contribution < 1.29 is 9.90 Å². The van der Waals surface area contributed by atoms with Crippen LogP contribution in [-0.2, 0) is 0 Å². The number of nitrogens with zero attached hydrogens (tertiary/aromatic N) is 2. The van der Waals surface area contributed by atoms with E-state index in [4.69, 9.17) is 11.6 Å². The summed E-state index contributed by atoms with van der Waals surface area (Å²) in [6.45, 7) is 0. The van der Waals surface area contributed by atoms with Crippen LogP contribution in [0.3, 0.4) is 0 Å². The fourth-order valence-electron chi connectivity index (χ4n) is 2.01.